The molecule has 10 N–H and O–H groups in total. The summed E-state index contributed by atoms with van der Waals surface area (Å²) in [5.41, 5.74) is 8.39. The van der Waals surface area contributed by atoms with Crippen molar-refractivity contribution in [2.24, 2.45) is 29.3 Å². The van der Waals surface area contributed by atoms with Gasteiger partial charge in [0.15, 0.2) is 0 Å². The lowest BCUT2D eigenvalue weighted by molar-refractivity contribution is 0.0639. The predicted octanol–water partition coefficient (Wildman–Crippen LogP) is 1.05. The smallest absolute Gasteiger partial charge is 0.274 e. The third-order valence-electron chi connectivity index (χ3n) is 10.5. The number of hydrazine groups is 1. The van der Waals surface area contributed by atoms with Crippen molar-refractivity contribution >= 4 is 11.8 Å². The molecule has 2 amide bonds. The largest absolute Gasteiger partial charge is 0.412 e. The molecule has 3 aliphatic heterocycles. The number of hydrogen-bond acceptors (Lipinski definition) is 13. The molecule has 1 unspecified atom stereocenters. The molecule has 5 heterocycles. The topological polar surface area (TPSA) is 271 Å². The zero-order valence-corrected chi connectivity index (χ0v) is 32.0. The summed E-state index contributed by atoms with van der Waals surface area (Å²) in [6.07, 6.45) is 0. The molecular formula is C40H50N12O5. The van der Waals surface area contributed by atoms with Crippen LogP contribution < -0.4 is 28.5 Å². The minimum absolute atomic E-state index is 0. The second kappa shape index (κ2) is 19.4. The number of aromatic amines is 2. The number of rotatable bonds is 9. The van der Waals surface area contributed by atoms with Gasteiger partial charge < -0.3 is 21.2 Å². The van der Waals surface area contributed by atoms with E-state index in [1.807, 2.05) is 24.3 Å². The Morgan fingerprint density at radius 1 is 0.579 bits per heavy atom. The lowest BCUT2D eigenvalue weighted by atomic mass is 9.97. The normalized spacial score (nSPS) is 20.3. The van der Waals surface area contributed by atoms with Crippen LogP contribution >= 0.6 is 0 Å². The third-order valence-corrected chi connectivity index (χ3v) is 10.5. The van der Waals surface area contributed by atoms with Crippen LogP contribution in [0.3, 0.4) is 0 Å². The lowest BCUT2D eigenvalue weighted by Crippen LogP contribution is -2.33. The third kappa shape index (κ3) is 9.77. The summed E-state index contributed by atoms with van der Waals surface area (Å²) in [7, 11) is 0. The van der Waals surface area contributed by atoms with E-state index in [-0.39, 0.29) is 47.3 Å². The maximum absolute atomic E-state index is 12.7. The molecule has 0 aliphatic carbocycles. The molecule has 3 aromatic carbocycles. The Balaban J connectivity index is 0.000000218. The van der Waals surface area contributed by atoms with Gasteiger partial charge in [0.25, 0.3) is 22.9 Å². The number of fused-ring (bicyclic) bond motifs is 1. The number of amides is 2. The lowest BCUT2D eigenvalue weighted by Gasteiger charge is -2.16. The summed E-state index contributed by atoms with van der Waals surface area (Å²) >= 11 is 0. The molecule has 2 saturated heterocycles. The first-order valence-corrected chi connectivity index (χ1v) is 18.6. The van der Waals surface area contributed by atoms with Crippen LogP contribution in [0.5, 0.6) is 0 Å². The van der Waals surface area contributed by atoms with Gasteiger partial charge in [-0.1, -0.05) is 86.6 Å². The Morgan fingerprint density at radius 3 is 1.39 bits per heavy atom. The summed E-state index contributed by atoms with van der Waals surface area (Å²) in [6.45, 7) is 9.55. The fraction of sp³-hybridized carbons (Fsp3) is 0.350. The van der Waals surface area contributed by atoms with Crippen molar-refractivity contribution in [1.82, 2.24) is 45.1 Å². The average molecular weight is 779 g/mol. The number of nitrogens with two attached hydrogens (primary N) is 3. The number of carbonyl (C=O) groups excluding carboxylic acids is 2. The number of benzene rings is 3. The van der Waals surface area contributed by atoms with E-state index in [0.717, 1.165) is 44.2 Å². The molecule has 17 nitrogen and oxygen atoms in total. The number of nitrogens with zero attached hydrogens (tertiary/aromatic N) is 7. The van der Waals surface area contributed by atoms with Gasteiger partial charge in [-0.15, -0.1) is 20.4 Å². The molecule has 2 fully saturated rings. The minimum Gasteiger partial charge on any atom is -0.412 e. The van der Waals surface area contributed by atoms with Crippen LogP contribution in [0, 0.1) is 11.8 Å². The molecule has 4 atom stereocenters. The number of aromatic nitrogens is 6. The van der Waals surface area contributed by atoms with Gasteiger partial charge in [0.1, 0.15) is 23.0 Å². The van der Waals surface area contributed by atoms with Crippen LogP contribution in [0.2, 0.25) is 0 Å². The molecule has 8 rings (SSSR count). The van der Waals surface area contributed by atoms with Crippen LogP contribution in [-0.2, 0) is 26.2 Å². The van der Waals surface area contributed by atoms with E-state index in [4.69, 9.17) is 5.73 Å². The maximum Gasteiger partial charge on any atom is 0.274 e. The van der Waals surface area contributed by atoms with Gasteiger partial charge in [-0.05, 0) is 35.1 Å². The highest BCUT2D eigenvalue weighted by atomic mass is 16.2. The van der Waals surface area contributed by atoms with Gasteiger partial charge in [0, 0.05) is 57.6 Å². The van der Waals surface area contributed by atoms with E-state index in [2.05, 4.69) is 102 Å². The first-order valence-electron chi connectivity index (χ1n) is 18.6. The van der Waals surface area contributed by atoms with Gasteiger partial charge in [-0.2, -0.15) is 0 Å². The second-order valence-corrected chi connectivity index (χ2v) is 14.4. The fourth-order valence-electron chi connectivity index (χ4n) is 7.64. The Hall–Kier alpha value is -5.82. The van der Waals surface area contributed by atoms with Gasteiger partial charge in [-0.3, -0.25) is 45.6 Å². The van der Waals surface area contributed by atoms with E-state index in [0.29, 0.717) is 34.6 Å². The molecule has 0 spiro atoms. The number of hydrogen-bond donors (Lipinski definition) is 5. The van der Waals surface area contributed by atoms with Crippen LogP contribution in [0.1, 0.15) is 80.6 Å². The first kappa shape index (κ1) is 42.3. The zero-order chi connectivity index (χ0) is 39.8. The molecule has 0 radical (unpaired) electrons. The highest BCUT2D eigenvalue weighted by Crippen LogP contribution is 2.32. The van der Waals surface area contributed by atoms with Gasteiger partial charge in [0.2, 0.25) is 0 Å². The molecular weight excluding hydrogens is 729 g/mol. The Bertz CT molecular complexity index is 2200. The van der Waals surface area contributed by atoms with Gasteiger partial charge in [0.05, 0.1) is 17.7 Å². The molecule has 300 valence electrons. The van der Waals surface area contributed by atoms with Crippen molar-refractivity contribution < 1.29 is 15.1 Å². The number of carbonyl (C=O) groups is 2. The summed E-state index contributed by atoms with van der Waals surface area (Å²) in [6, 6.07) is 27.3. The highest BCUT2D eigenvalue weighted by Gasteiger charge is 2.37. The number of likely N-dealkylation sites (tertiary alicyclic amines) is 2. The molecule has 0 saturated carbocycles. The zero-order valence-electron chi connectivity index (χ0n) is 32.0. The standard InChI is InChI=1S/C24H23N5O3.C16H21N5O.H4N2.H2O/c1-15-11-28(12-16-7-3-2-4-8-16)13-19(15)21-25-22(30)20(26-27-21)14-29-23(31)17-9-5-6-10-18(17)24(29)32;1-11-8-21(9-12-5-3-2-4-6-12)10-13(11)15-18-16(22)14(7-17)19-20-15;1-2;/h2-10,15,19H,11-14H2,1H3,(H,25,27,30);2-6,11,13H,7-10,17H2,1H3,(H,18,20,22);1-2H2;1H2/t15-,19-;11-,13?;;/m11../s1. The Morgan fingerprint density at radius 2 is 0.982 bits per heavy atom. The van der Waals surface area contributed by atoms with Crippen molar-refractivity contribution in [1.29, 1.82) is 0 Å². The number of imide groups is 1. The van der Waals surface area contributed by atoms with Crippen LogP contribution in [-0.4, -0.2) is 88.5 Å². The molecule has 5 aromatic rings. The van der Waals surface area contributed by atoms with Crippen molar-refractivity contribution in [3.05, 3.63) is 151 Å². The quantitative estimate of drug-likeness (QED) is 0.0797. The fourth-order valence-corrected chi connectivity index (χ4v) is 7.64. The number of nitrogens with one attached hydrogen (secondary N) is 2. The van der Waals surface area contributed by atoms with Crippen LogP contribution in [0.15, 0.2) is 94.5 Å². The van der Waals surface area contributed by atoms with E-state index >= 15 is 0 Å². The summed E-state index contributed by atoms with van der Waals surface area (Å²) < 4.78 is 0. The van der Waals surface area contributed by atoms with E-state index in [1.54, 1.807) is 24.3 Å². The van der Waals surface area contributed by atoms with E-state index in [9.17, 15) is 19.2 Å². The minimum atomic E-state index is -0.420. The Kier molecular flexibility index (Phi) is 14.4. The molecule has 3 aliphatic rings. The summed E-state index contributed by atoms with van der Waals surface area (Å²) in [5.74, 6) is 9.38. The average Bonchev–Trinajstić information content (AvgIpc) is 3.85. The van der Waals surface area contributed by atoms with Crippen LogP contribution in [0.25, 0.3) is 0 Å². The maximum atomic E-state index is 12.7. The van der Waals surface area contributed by atoms with Crippen molar-refractivity contribution in [3.8, 4) is 0 Å². The summed E-state index contributed by atoms with van der Waals surface area (Å²) in [4.78, 5) is 61.2. The molecule has 2 aromatic heterocycles. The summed E-state index contributed by atoms with van der Waals surface area (Å²) in [5, 5.41) is 16.5. The monoisotopic (exact) mass is 778 g/mol. The van der Waals surface area contributed by atoms with Gasteiger partial charge in [-0.25, -0.2) is 0 Å². The van der Waals surface area contributed by atoms with Gasteiger partial charge >= 0.3 is 0 Å². The van der Waals surface area contributed by atoms with Crippen molar-refractivity contribution in [3.63, 3.8) is 0 Å². The van der Waals surface area contributed by atoms with E-state index < -0.39 is 17.4 Å². The van der Waals surface area contributed by atoms with Crippen molar-refractivity contribution in [2.45, 2.75) is 51.9 Å². The van der Waals surface area contributed by atoms with Crippen LogP contribution in [0.4, 0.5) is 0 Å². The molecule has 0 bridgehead atoms. The Labute approximate surface area is 329 Å². The molecule has 57 heavy (non-hydrogen) atoms. The number of H-pyrrole nitrogens is 2. The SMILES string of the molecule is C[C@@H]1CN(Cc2ccccc2)CC1c1nnc(CN)c(=O)[nH]1.C[C@@H]1CN(Cc2ccccc2)C[C@H]1c1nnc(CN2C(=O)c3ccccc3C2=O)c(=O)[nH]1.NN.O. The highest BCUT2D eigenvalue weighted by molar-refractivity contribution is 6.21. The first-order chi connectivity index (χ1) is 27.2. The second-order valence-electron chi connectivity index (χ2n) is 14.4. The molecule has 17 heteroatoms. The van der Waals surface area contributed by atoms with Crippen molar-refractivity contribution in [2.75, 3.05) is 26.2 Å². The van der Waals surface area contributed by atoms with E-state index in [1.165, 1.54) is 11.1 Å². The predicted molar refractivity (Wildman–Crippen MR) is 213 cm³/mol.